The van der Waals surface area contributed by atoms with Crippen LogP contribution in [0.25, 0.3) is 0 Å². The molecule has 0 aromatic heterocycles. The number of carbonyl (C=O) groups excluding carboxylic acids is 1. The van der Waals surface area contributed by atoms with Gasteiger partial charge >= 0.3 is 0 Å². The lowest BCUT2D eigenvalue weighted by molar-refractivity contribution is -0.122. The molecular formula is C21H25N3O. The van der Waals surface area contributed by atoms with Crippen LogP contribution in [0.15, 0.2) is 54.6 Å². The first kappa shape index (κ1) is 16.3. The zero-order chi connectivity index (χ0) is 17.4. The zero-order valence-electron chi connectivity index (χ0n) is 14.6. The van der Waals surface area contributed by atoms with E-state index in [0.29, 0.717) is 5.92 Å². The van der Waals surface area contributed by atoms with Crippen molar-refractivity contribution in [1.82, 2.24) is 4.90 Å². The van der Waals surface area contributed by atoms with E-state index in [1.54, 1.807) is 0 Å². The molecule has 0 spiro atoms. The van der Waals surface area contributed by atoms with Crippen LogP contribution < -0.4 is 10.6 Å². The molecule has 2 aromatic carbocycles. The van der Waals surface area contributed by atoms with Crippen molar-refractivity contribution in [2.24, 2.45) is 5.73 Å². The van der Waals surface area contributed by atoms with Gasteiger partial charge in [-0.2, -0.15) is 0 Å². The maximum Gasteiger partial charge on any atom is 0.244 e. The predicted octanol–water partition coefficient (Wildman–Crippen LogP) is 2.39. The summed E-state index contributed by atoms with van der Waals surface area (Å²) in [6.07, 6.45) is 0.945. The van der Waals surface area contributed by atoms with Gasteiger partial charge in [0.25, 0.3) is 0 Å². The first-order valence-electron chi connectivity index (χ1n) is 9.09. The third-order valence-electron chi connectivity index (χ3n) is 5.68. The van der Waals surface area contributed by atoms with E-state index >= 15 is 0 Å². The lowest BCUT2D eigenvalue weighted by atomic mass is 9.95. The van der Waals surface area contributed by atoms with Crippen molar-refractivity contribution in [3.05, 3.63) is 65.7 Å². The molecule has 130 valence electrons. The fourth-order valence-electron chi connectivity index (χ4n) is 4.18. The Morgan fingerprint density at radius 2 is 1.80 bits per heavy atom. The van der Waals surface area contributed by atoms with E-state index in [4.69, 9.17) is 5.73 Å². The van der Waals surface area contributed by atoms with Gasteiger partial charge in [-0.3, -0.25) is 9.69 Å². The fraction of sp³-hybridized carbons (Fsp3) is 0.381. The number of likely N-dealkylation sites (tertiary alicyclic amines) is 1. The zero-order valence-corrected chi connectivity index (χ0v) is 14.6. The van der Waals surface area contributed by atoms with Crippen LogP contribution in [0.1, 0.15) is 24.0 Å². The van der Waals surface area contributed by atoms with E-state index in [1.807, 2.05) is 30.0 Å². The number of nitrogens with two attached hydrogens (primary N) is 1. The average molecular weight is 335 g/mol. The molecule has 1 amide bonds. The molecule has 2 heterocycles. The van der Waals surface area contributed by atoms with Gasteiger partial charge in [-0.25, -0.2) is 0 Å². The first-order valence-corrected chi connectivity index (χ1v) is 9.09. The monoisotopic (exact) mass is 335 g/mol. The van der Waals surface area contributed by atoms with Gasteiger partial charge in [0.1, 0.15) is 0 Å². The van der Waals surface area contributed by atoms with Crippen LogP contribution in [-0.4, -0.2) is 42.5 Å². The summed E-state index contributed by atoms with van der Waals surface area (Å²) >= 11 is 0. The highest BCUT2D eigenvalue weighted by Crippen LogP contribution is 2.31. The Morgan fingerprint density at radius 3 is 2.60 bits per heavy atom. The Hall–Kier alpha value is -2.17. The van der Waals surface area contributed by atoms with Gasteiger partial charge in [-0.15, -0.1) is 0 Å². The molecule has 1 saturated heterocycles. The highest BCUT2D eigenvalue weighted by atomic mass is 16.2. The average Bonchev–Trinajstić information content (AvgIpc) is 3.25. The molecule has 0 aliphatic carbocycles. The van der Waals surface area contributed by atoms with E-state index < -0.39 is 0 Å². The van der Waals surface area contributed by atoms with E-state index in [0.717, 1.165) is 31.7 Å². The standard InChI is InChI=1S/C21H25N3O/c1-15(21(25)24-12-11-17-9-5-6-10-20(17)24)23-13-18(19(22)14-23)16-7-3-2-4-8-16/h2-10,15,18-19H,11-14,22H2,1H3/t15?,18-,19+/m0/s1. The second kappa shape index (κ2) is 6.62. The van der Waals surface area contributed by atoms with Crippen LogP contribution in [0.5, 0.6) is 0 Å². The van der Waals surface area contributed by atoms with Crippen molar-refractivity contribution in [1.29, 1.82) is 0 Å². The van der Waals surface area contributed by atoms with Gasteiger partial charge in [0.15, 0.2) is 0 Å². The molecule has 3 atom stereocenters. The molecular weight excluding hydrogens is 310 g/mol. The largest absolute Gasteiger partial charge is 0.326 e. The summed E-state index contributed by atoms with van der Waals surface area (Å²) in [6.45, 7) is 4.41. The maximum absolute atomic E-state index is 13.1. The minimum Gasteiger partial charge on any atom is -0.326 e. The number of hydrogen-bond acceptors (Lipinski definition) is 3. The van der Waals surface area contributed by atoms with Crippen LogP contribution in [0.4, 0.5) is 5.69 Å². The second-order valence-electron chi connectivity index (χ2n) is 7.18. The maximum atomic E-state index is 13.1. The molecule has 1 unspecified atom stereocenters. The Kier molecular flexibility index (Phi) is 4.32. The molecule has 25 heavy (non-hydrogen) atoms. The summed E-state index contributed by atoms with van der Waals surface area (Å²) in [6, 6.07) is 18.6. The normalized spacial score (nSPS) is 24.3. The number of para-hydroxylation sites is 1. The van der Waals surface area contributed by atoms with Crippen molar-refractivity contribution in [2.45, 2.75) is 31.3 Å². The number of fused-ring (bicyclic) bond motifs is 1. The highest BCUT2D eigenvalue weighted by Gasteiger charge is 2.38. The molecule has 4 heteroatoms. The van der Waals surface area contributed by atoms with Crippen molar-refractivity contribution in [2.75, 3.05) is 24.5 Å². The third-order valence-corrected chi connectivity index (χ3v) is 5.68. The molecule has 0 radical (unpaired) electrons. The summed E-state index contributed by atoms with van der Waals surface area (Å²) < 4.78 is 0. The molecule has 4 nitrogen and oxygen atoms in total. The minimum absolute atomic E-state index is 0.0727. The first-order chi connectivity index (χ1) is 12.1. The van der Waals surface area contributed by atoms with Gasteiger partial charge in [-0.05, 0) is 30.5 Å². The smallest absolute Gasteiger partial charge is 0.244 e. The number of carbonyl (C=O) groups is 1. The lowest BCUT2D eigenvalue weighted by Crippen LogP contribution is -2.46. The van der Waals surface area contributed by atoms with E-state index in [9.17, 15) is 4.79 Å². The van der Waals surface area contributed by atoms with Gasteiger partial charge < -0.3 is 10.6 Å². The van der Waals surface area contributed by atoms with E-state index in [2.05, 4.69) is 41.3 Å². The number of hydrogen-bond donors (Lipinski definition) is 1. The van der Waals surface area contributed by atoms with Gasteiger partial charge in [0, 0.05) is 37.3 Å². The van der Waals surface area contributed by atoms with Crippen LogP contribution in [0, 0.1) is 0 Å². The van der Waals surface area contributed by atoms with Crippen molar-refractivity contribution in [3.63, 3.8) is 0 Å². The van der Waals surface area contributed by atoms with Crippen LogP contribution in [0.3, 0.4) is 0 Å². The quantitative estimate of drug-likeness (QED) is 0.937. The molecule has 2 N–H and O–H groups in total. The predicted molar refractivity (Wildman–Crippen MR) is 101 cm³/mol. The van der Waals surface area contributed by atoms with E-state index in [1.165, 1.54) is 11.1 Å². The van der Waals surface area contributed by atoms with Crippen molar-refractivity contribution in [3.8, 4) is 0 Å². The van der Waals surface area contributed by atoms with Gasteiger partial charge in [0.05, 0.1) is 6.04 Å². The summed E-state index contributed by atoms with van der Waals surface area (Å²) in [5, 5.41) is 0. The summed E-state index contributed by atoms with van der Waals surface area (Å²) in [5.41, 5.74) is 10.0. The highest BCUT2D eigenvalue weighted by molar-refractivity contribution is 5.98. The molecule has 2 aromatic rings. The molecule has 1 fully saturated rings. The molecule has 0 saturated carbocycles. The fourth-order valence-corrected chi connectivity index (χ4v) is 4.18. The molecule has 0 bridgehead atoms. The number of amides is 1. The van der Waals surface area contributed by atoms with Crippen molar-refractivity contribution < 1.29 is 4.79 Å². The van der Waals surface area contributed by atoms with Crippen LogP contribution in [-0.2, 0) is 11.2 Å². The number of benzene rings is 2. The van der Waals surface area contributed by atoms with Crippen molar-refractivity contribution >= 4 is 11.6 Å². The van der Waals surface area contributed by atoms with Crippen LogP contribution >= 0.6 is 0 Å². The Labute approximate surface area is 149 Å². The second-order valence-corrected chi connectivity index (χ2v) is 7.18. The molecule has 2 aliphatic rings. The lowest BCUT2D eigenvalue weighted by Gasteiger charge is -2.28. The van der Waals surface area contributed by atoms with Gasteiger partial charge in [-0.1, -0.05) is 48.5 Å². The number of anilines is 1. The summed E-state index contributed by atoms with van der Waals surface area (Å²) in [4.78, 5) is 17.3. The Balaban J connectivity index is 1.49. The Morgan fingerprint density at radius 1 is 1.08 bits per heavy atom. The number of rotatable bonds is 3. The molecule has 2 aliphatic heterocycles. The SMILES string of the molecule is CC(C(=O)N1CCc2ccccc21)N1C[C@@H](N)[C@H](c2ccccc2)C1. The minimum atomic E-state index is -0.147. The van der Waals surface area contributed by atoms with Gasteiger partial charge in [0.2, 0.25) is 5.91 Å². The van der Waals surface area contributed by atoms with E-state index in [-0.39, 0.29) is 18.0 Å². The Bertz CT molecular complexity index is 761. The number of nitrogens with zero attached hydrogens (tertiary/aromatic N) is 2. The van der Waals surface area contributed by atoms with Crippen LogP contribution in [0.2, 0.25) is 0 Å². The topological polar surface area (TPSA) is 49.6 Å². The summed E-state index contributed by atoms with van der Waals surface area (Å²) in [7, 11) is 0. The molecule has 4 rings (SSSR count). The third kappa shape index (κ3) is 2.96. The summed E-state index contributed by atoms with van der Waals surface area (Å²) in [5.74, 6) is 0.480.